The number of benzene rings is 1. The Hall–Kier alpha value is -1.87. The first kappa shape index (κ1) is 14.1. The number of rotatable bonds is 4. The van der Waals surface area contributed by atoms with Crippen molar-refractivity contribution in [1.82, 2.24) is 9.88 Å². The number of hydrogen-bond acceptors (Lipinski definition) is 3. The average molecular weight is 281 g/mol. The molecular formula is C18H23N3. The molecule has 0 N–H and O–H groups in total. The molecule has 0 amide bonds. The van der Waals surface area contributed by atoms with Crippen molar-refractivity contribution < 1.29 is 0 Å². The molecule has 3 heteroatoms. The number of likely N-dealkylation sites (N-methyl/N-ethyl adjacent to an activating group) is 1. The van der Waals surface area contributed by atoms with Crippen LogP contribution < -0.4 is 4.90 Å². The highest BCUT2D eigenvalue weighted by Gasteiger charge is 2.23. The summed E-state index contributed by atoms with van der Waals surface area (Å²) < 4.78 is 0. The number of hydrogen-bond donors (Lipinski definition) is 0. The predicted octanol–water partition coefficient (Wildman–Crippen LogP) is 3.18. The lowest BCUT2D eigenvalue weighted by Gasteiger charge is -2.39. The van der Waals surface area contributed by atoms with E-state index in [0.29, 0.717) is 6.04 Å². The summed E-state index contributed by atoms with van der Waals surface area (Å²) in [6.07, 6.45) is 6.34. The molecule has 1 aromatic heterocycles. The van der Waals surface area contributed by atoms with Gasteiger partial charge in [0, 0.05) is 43.8 Å². The van der Waals surface area contributed by atoms with Gasteiger partial charge in [-0.1, -0.05) is 24.3 Å². The van der Waals surface area contributed by atoms with Gasteiger partial charge in [0.05, 0.1) is 0 Å². The van der Waals surface area contributed by atoms with Crippen LogP contribution in [0.4, 0.5) is 5.69 Å². The number of anilines is 1. The van der Waals surface area contributed by atoms with Crippen molar-refractivity contribution in [3.63, 3.8) is 0 Å². The van der Waals surface area contributed by atoms with Crippen molar-refractivity contribution in [3.8, 4) is 0 Å². The minimum Gasteiger partial charge on any atom is -0.370 e. The van der Waals surface area contributed by atoms with Gasteiger partial charge < -0.3 is 4.90 Å². The Bertz CT molecular complexity index is 541. The van der Waals surface area contributed by atoms with Crippen molar-refractivity contribution in [1.29, 1.82) is 0 Å². The van der Waals surface area contributed by atoms with Crippen molar-refractivity contribution >= 4 is 5.69 Å². The number of aromatic nitrogens is 1. The molecule has 2 heterocycles. The van der Waals surface area contributed by atoms with Crippen LogP contribution in [0.25, 0.3) is 0 Å². The first-order valence-electron chi connectivity index (χ1n) is 7.72. The second kappa shape index (κ2) is 6.72. The lowest BCUT2D eigenvalue weighted by atomic mass is 10.0. The zero-order chi connectivity index (χ0) is 14.5. The maximum Gasteiger partial charge on any atom is 0.0366 e. The topological polar surface area (TPSA) is 19.4 Å². The van der Waals surface area contributed by atoms with E-state index in [1.807, 2.05) is 18.5 Å². The fourth-order valence-electron chi connectivity index (χ4n) is 3.10. The van der Waals surface area contributed by atoms with Crippen molar-refractivity contribution in [2.45, 2.75) is 25.4 Å². The first-order valence-corrected chi connectivity index (χ1v) is 7.72. The molecule has 3 nitrogen and oxygen atoms in total. The lowest BCUT2D eigenvalue weighted by molar-refractivity contribution is 0.207. The maximum atomic E-state index is 4.21. The van der Waals surface area contributed by atoms with Gasteiger partial charge in [-0.2, -0.15) is 0 Å². The largest absolute Gasteiger partial charge is 0.370 e. The highest BCUT2D eigenvalue weighted by atomic mass is 15.2. The van der Waals surface area contributed by atoms with Gasteiger partial charge in [-0.15, -0.1) is 0 Å². The van der Waals surface area contributed by atoms with E-state index in [0.717, 1.165) is 13.1 Å². The molecule has 1 unspecified atom stereocenters. The second-order valence-electron chi connectivity index (χ2n) is 5.85. The molecule has 2 aromatic rings. The summed E-state index contributed by atoms with van der Waals surface area (Å²) in [5.41, 5.74) is 2.63. The van der Waals surface area contributed by atoms with E-state index in [2.05, 4.69) is 58.2 Å². The molecule has 1 aliphatic rings. The monoisotopic (exact) mass is 281 g/mol. The van der Waals surface area contributed by atoms with Gasteiger partial charge in [0.2, 0.25) is 0 Å². The predicted molar refractivity (Wildman–Crippen MR) is 87.4 cm³/mol. The Morgan fingerprint density at radius 2 is 2.05 bits per heavy atom. The lowest BCUT2D eigenvalue weighted by Crippen LogP contribution is -2.46. The average Bonchev–Trinajstić information content (AvgIpc) is 2.57. The summed E-state index contributed by atoms with van der Waals surface area (Å²) in [4.78, 5) is 9.18. The van der Waals surface area contributed by atoms with E-state index in [9.17, 15) is 0 Å². The van der Waals surface area contributed by atoms with E-state index in [1.165, 1.54) is 30.6 Å². The van der Waals surface area contributed by atoms with Gasteiger partial charge in [-0.25, -0.2) is 0 Å². The Balaban J connectivity index is 1.63. The van der Waals surface area contributed by atoms with Gasteiger partial charge in [0.25, 0.3) is 0 Å². The Morgan fingerprint density at radius 1 is 1.19 bits per heavy atom. The van der Waals surface area contributed by atoms with Gasteiger partial charge >= 0.3 is 0 Å². The number of nitrogens with zero attached hydrogens (tertiary/aromatic N) is 3. The molecule has 0 spiro atoms. The van der Waals surface area contributed by atoms with Gasteiger partial charge in [0.1, 0.15) is 0 Å². The van der Waals surface area contributed by atoms with E-state index in [1.54, 1.807) is 0 Å². The van der Waals surface area contributed by atoms with Gasteiger partial charge in [-0.05, 0) is 43.7 Å². The van der Waals surface area contributed by atoms with Crippen LogP contribution in [-0.2, 0) is 6.54 Å². The number of piperidine rings is 1. The van der Waals surface area contributed by atoms with Crippen LogP contribution in [0.3, 0.4) is 0 Å². The summed E-state index contributed by atoms with van der Waals surface area (Å²) in [5.74, 6) is 0. The molecule has 3 rings (SSSR count). The Labute approximate surface area is 127 Å². The smallest absolute Gasteiger partial charge is 0.0366 e. The quantitative estimate of drug-likeness (QED) is 0.858. The first-order chi connectivity index (χ1) is 10.3. The summed E-state index contributed by atoms with van der Waals surface area (Å²) in [6.45, 7) is 3.25. The molecule has 0 aliphatic carbocycles. The third-order valence-corrected chi connectivity index (χ3v) is 4.30. The summed E-state index contributed by atoms with van der Waals surface area (Å²) in [6, 6.07) is 15.5. The van der Waals surface area contributed by atoms with Crippen LogP contribution in [0.5, 0.6) is 0 Å². The molecule has 1 aromatic carbocycles. The zero-order valence-electron chi connectivity index (χ0n) is 12.7. The molecule has 1 aliphatic heterocycles. The molecule has 0 radical (unpaired) electrons. The van der Waals surface area contributed by atoms with E-state index in [-0.39, 0.29) is 0 Å². The van der Waals surface area contributed by atoms with Crippen molar-refractivity contribution in [2.24, 2.45) is 0 Å². The molecular weight excluding hydrogens is 258 g/mol. The number of para-hydroxylation sites is 1. The Morgan fingerprint density at radius 3 is 2.81 bits per heavy atom. The molecule has 110 valence electrons. The number of pyridine rings is 1. The van der Waals surface area contributed by atoms with Gasteiger partial charge in [0.15, 0.2) is 0 Å². The van der Waals surface area contributed by atoms with Crippen LogP contribution in [0, 0.1) is 0 Å². The molecule has 0 saturated carbocycles. The van der Waals surface area contributed by atoms with Gasteiger partial charge in [-0.3, -0.25) is 9.88 Å². The standard InChI is InChI=1S/C18H23N3/c1-20(14-16-7-5-11-19-13-16)18-10-6-12-21(15-18)17-8-3-2-4-9-17/h2-5,7-9,11,13,18H,6,10,12,14-15H2,1H3. The van der Waals surface area contributed by atoms with Crippen LogP contribution >= 0.6 is 0 Å². The fourth-order valence-corrected chi connectivity index (χ4v) is 3.10. The molecule has 21 heavy (non-hydrogen) atoms. The maximum absolute atomic E-state index is 4.21. The zero-order valence-corrected chi connectivity index (χ0v) is 12.7. The van der Waals surface area contributed by atoms with E-state index < -0.39 is 0 Å². The third kappa shape index (κ3) is 3.61. The SMILES string of the molecule is CN(Cc1cccnc1)C1CCCN(c2ccccc2)C1. The van der Waals surface area contributed by atoms with Crippen LogP contribution in [-0.4, -0.2) is 36.1 Å². The molecule has 1 saturated heterocycles. The van der Waals surface area contributed by atoms with Crippen molar-refractivity contribution in [3.05, 3.63) is 60.4 Å². The van der Waals surface area contributed by atoms with Crippen LogP contribution in [0.15, 0.2) is 54.9 Å². The molecule has 1 atom stereocenters. The minimum absolute atomic E-state index is 0.610. The van der Waals surface area contributed by atoms with Crippen LogP contribution in [0.2, 0.25) is 0 Å². The third-order valence-electron chi connectivity index (χ3n) is 4.30. The highest BCUT2D eigenvalue weighted by Crippen LogP contribution is 2.22. The Kier molecular flexibility index (Phi) is 4.51. The fraction of sp³-hybridized carbons (Fsp3) is 0.389. The van der Waals surface area contributed by atoms with E-state index in [4.69, 9.17) is 0 Å². The van der Waals surface area contributed by atoms with Crippen molar-refractivity contribution in [2.75, 3.05) is 25.0 Å². The second-order valence-corrected chi connectivity index (χ2v) is 5.85. The highest BCUT2D eigenvalue weighted by molar-refractivity contribution is 5.46. The molecule has 0 bridgehead atoms. The van der Waals surface area contributed by atoms with Crippen LogP contribution in [0.1, 0.15) is 18.4 Å². The normalized spacial score (nSPS) is 19.0. The minimum atomic E-state index is 0.610. The van der Waals surface area contributed by atoms with E-state index >= 15 is 0 Å². The molecule has 1 fully saturated rings. The summed E-state index contributed by atoms with van der Waals surface area (Å²) in [5, 5.41) is 0. The summed E-state index contributed by atoms with van der Waals surface area (Å²) in [7, 11) is 2.23. The summed E-state index contributed by atoms with van der Waals surface area (Å²) >= 11 is 0.